The van der Waals surface area contributed by atoms with Crippen molar-refractivity contribution < 1.29 is 26.7 Å². The number of hydrogen-bond acceptors (Lipinski definition) is 1. The lowest BCUT2D eigenvalue weighted by atomic mass is 10.6. The number of hydrogen-bond donors (Lipinski definition) is 0. The minimum absolute atomic E-state index is 2.34. The van der Waals surface area contributed by atoms with Crippen LogP contribution >= 0.6 is 0 Å². The van der Waals surface area contributed by atoms with E-state index in [1.54, 1.807) is 0 Å². The molecule has 0 aromatic heterocycles. The van der Waals surface area contributed by atoms with Gasteiger partial charge in [-0.1, -0.05) is 0 Å². The van der Waals surface area contributed by atoms with Crippen molar-refractivity contribution in [2.75, 3.05) is 0 Å². The normalized spacial score (nSPS) is 14.0. The van der Waals surface area contributed by atoms with E-state index >= 15 is 0 Å². The van der Waals surface area contributed by atoms with Crippen molar-refractivity contribution in [3.05, 3.63) is 7.11 Å². The third-order valence-electron chi connectivity index (χ3n) is 0.478. The highest BCUT2D eigenvalue weighted by Gasteiger charge is 2.58. The predicted molar refractivity (Wildman–Crippen MR) is 16.4 cm³/mol. The molecule has 0 saturated heterocycles. The number of ether oxygens (including phenoxy) is 1. The molecule has 0 fully saturated rings. The second-order valence-corrected chi connectivity index (χ2v) is 1.13. The Morgan fingerprint density at radius 1 is 1.00 bits per heavy atom. The Bertz CT molecular complexity index is 94.9. The van der Waals surface area contributed by atoms with E-state index in [1.807, 2.05) is 0 Å². The first-order valence-electron chi connectivity index (χ1n) is 1.63. The van der Waals surface area contributed by atoms with Crippen LogP contribution in [0.1, 0.15) is 0 Å². The summed E-state index contributed by atoms with van der Waals surface area (Å²) in [5, 5.41) is 0. The lowest BCUT2D eigenvalue weighted by molar-refractivity contribution is -0.376. The first kappa shape index (κ1) is 8.61. The van der Waals surface area contributed by atoms with Gasteiger partial charge in [0.1, 0.15) is 7.11 Å². The molecule has 0 aliphatic rings. The molecule has 0 spiro atoms. The Morgan fingerprint density at radius 2 is 1.33 bits per heavy atom. The summed E-state index contributed by atoms with van der Waals surface area (Å²) in [6, 6.07) is 0. The Balaban J connectivity index is 4.14. The summed E-state index contributed by atoms with van der Waals surface area (Å²) in [6.07, 6.45) is -11.0. The summed E-state index contributed by atoms with van der Waals surface area (Å²) in [6.45, 7) is 0. The van der Waals surface area contributed by atoms with Crippen molar-refractivity contribution >= 4 is 0 Å². The molecule has 0 atom stereocenters. The fourth-order valence-electron chi connectivity index (χ4n) is 0.0668. The summed E-state index contributed by atoms with van der Waals surface area (Å²) in [7, 11) is 3.62. The van der Waals surface area contributed by atoms with Gasteiger partial charge in [-0.3, -0.25) is 0 Å². The van der Waals surface area contributed by atoms with Crippen molar-refractivity contribution in [3.8, 4) is 0 Å². The Morgan fingerprint density at radius 3 is 1.33 bits per heavy atom. The summed E-state index contributed by atoms with van der Waals surface area (Å²) in [4.78, 5) is 0. The molecule has 9 heavy (non-hydrogen) atoms. The molecule has 0 aliphatic carbocycles. The van der Waals surface area contributed by atoms with Gasteiger partial charge in [0.15, 0.2) is 0 Å². The summed E-state index contributed by atoms with van der Waals surface area (Å²) in [5.74, 6) is 0. The maximum Gasteiger partial charge on any atom is 0.482 e. The molecule has 0 bridgehead atoms. The van der Waals surface area contributed by atoms with E-state index in [-0.39, 0.29) is 0 Å². The van der Waals surface area contributed by atoms with Crippen LogP contribution in [0.5, 0.6) is 0 Å². The maximum absolute atomic E-state index is 11.2. The Hall–Kier alpha value is -0.390. The highest BCUT2D eigenvalue weighted by Crippen LogP contribution is 2.35. The first-order valence-corrected chi connectivity index (χ1v) is 1.63. The molecule has 6 heteroatoms. The first-order chi connectivity index (χ1) is 3.81. The van der Waals surface area contributed by atoms with Gasteiger partial charge in [-0.2, -0.15) is 22.0 Å². The van der Waals surface area contributed by atoms with Crippen molar-refractivity contribution in [2.24, 2.45) is 0 Å². The molecule has 0 heterocycles. The third-order valence-corrected chi connectivity index (χ3v) is 0.478. The topological polar surface area (TPSA) is 9.23 Å². The van der Waals surface area contributed by atoms with Gasteiger partial charge in [0.2, 0.25) is 0 Å². The molecule has 1 nitrogen and oxygen atoms in total. The van der Waals surface area contributed by atoms with Gasteiger partial charge in [0.05, 0.1) is 0 Å². The fraction of sp³-hybridized carbons (Fsp3) is 0.667. The summed E-state index contributed by atoms with van der Waals surface area (Å²) >= 11 is 0. The molecule has 0 N–H and O–H groups in total. The van der Waals surface area contributed by atoms with Crippen LogP contribution in [0, 0.1) is 7.11 Å². The smallest absolute Gasteiger partial charge is 0.304 e. The van der Waals surface area contributed by atoms with E-state index < -0.39 is 12.3 Å². The predicted octanol–water partition coefficient (Wildman–Crippen LogP) is 1.83. The molecule has 0 aromatic rings. The quantitative estimate of drug-likeness (QED) is 0.515. The zero-order valence-corrected chi connectivity index (χ0v) is 3.88. The van der Waals surface area contributed by atoms with Crippen LogP contribution in [0.25, 0.3) is 0 Å². The molecule has 0 unspecified atom stereocenters. The molecule has 0 aliphatic heterocycles. The minimum Gasteiger partial charge on any atom is -0.304 e. The van der Waals surface area contributed by atoms with E-state index in [2.05, 4.69) is 11.8 Å². The summed E-state index contributed by atoms with van der Waals surface area (Å²) < 4.78 is 57.4. The second-order valence-electron chi connectivity index (χ2n) is 1.13. The standard InChI is InChI=1S/C3HF5O/c1-9-3(7,8)2(4,5)6/h1H. The van der Waals surface area contributed by atoms with Crippen LogP contribution in [0.3, 0.4) is 0 Å². The highest BCUT2D eigenvalue weighted by molar-refractivity contribution is 4.62. The largest absolute Gasteiger partial charge is 0.482 e. The SMILES string of the molecule is [CH]OC(F)(F)C(F)(F)F. The van der Waals surface area contributed by atoms with Crippen LogP contribution in [-0.4, -0.2) is 12.3 Å². The van der Waals surface area contributed by atoms with Crippen molar-refractivity contribution in [2.45, 2.75) is 12.3 Å². The van der Waals surface area contributed by atoms with Crippen LogP contribution < -0.4 is 0 Å². The van der Waals surface area contributed by atoms with Gasteiger partial charge >= 0.3 is 12.3 Å². The van der Waals surface area contributed by atoms with Gasteiger partial charge < -0.3 is 4.74 Å². The lowest BCUT2D eigenvalue weighted by Crippen LogP contribution is -2.37. The van der Waals surface area contributed by atoms with Gasteiger partial charge in [-0.15, -0.1) is 0 Å². The van der Waals surface area contributed by atoms with E-state index in [1.165, 1.54) is 0 Å². The molecule has 0 aromatic carbocycles. The van der Waals surface area contributed by atoms with Crippen molar-refractivity contribution in [3.63, 3.8) is 0 Å². The van der Waals surface area contributed by atoms with Gasteiger partial charge in [0, 0.05) is 0 Å². The van der Waals surface area contributed by atoms with Crippen LogP contribution in [0.2, 0.25) is 0 Å². The van der Waals surface area contributed by atoms with Crippen LogP contribution in [0.4, 0.5) is 22.0 Å². The van der Waals surface area contributed by atoms with Crippen LogP contribution in [0.15, 0.2) is 0 Å². The van der Waals surface area contributed by atoms with Gasteiger partial charge in [-0.25, -0.2) is 0 Å². The molecule has 54 valence electrons. The molecule has 0 amide bonds. The highest BCUT2D eigenvalue weighted by atomic mass is 19.4. The molecule has 2 radical (unpaired) electrons. The zero-order chi connectivity index (χ0) is 7.71. The van der Waals surface area contributed by atoms with E-state index in [0.717, 1.165) is 0 Å². The molecule has 0 saturated carbocycles. The minimum atomic E-state index is -5.73. The van der Waals surface area contributed by atoms with E-state index in [0.29, 0.717) is 0 Å². The molecule has 0 rings (SSSR count). The van der Waals surface area contributed by atoms with Crippen LogP contribution in [-0.2, 0) is 4.74 Å². The summed E-state index contributed by atoms with van der Waals surface area (Å²) in [5.41, 5.74) is 0. The second kappa shape index (κ2) is 2.09. The third kappa shape index (κ3) is 1.78. The van der Waals surface area contributed by atoms with Gasteiger partial charge in [-0.05, 0) is 0 Å². The molecular weight excluding hydrogens is 147 g/mol. The Kier molecular flexibility index (Phi) is 2.00. The van der Waals surface area contributed by atoms with Crippen molar-refractivity contribution in [1.29, 1.82) is 0 Å². The lowest BCUT2D eigenvalue weighted by Gasteiger charge is -2.15. The Labute approximate surface area is 47.4 Å². The van der Waals surface area contributed by atoms with E-state index in [4.69, 9.17) is 0 Å². The fourth-order valence-corrected chi connectivity index (χ4v) is 0.0668. The molecular formula is C3HF5O. The van der Waals surface area contributed by atoms with E-state index in [9.17, 15) is 22.0 Å². The maximum atomic E-state index is 11.2. The zero-order valence-electron chi connectivity index (χ0n) is 3.88. The average molecular weight is 148 g/mol. The number of rotatable bonds is 1. The number of halogens is 5. The van der Waals surface area contributed by atoms with Gasteiger partial charge in [0.25, 0.3) is 0 Å². The number of alkyl halides is 5. The van der Waals surface area contributed by atoms with Crippen molar-refractivity contribution in [1.82, 2.24) is 0 Å². The average Bonchev–Trinajstić information content (AvgIpc) is 1.64. The monoisotopic (exact) mass is 148 g/mol.